The fraction of sp³-hybridized carbons (Fsp3) is 0. The van der Waals surface area contributed by atoms with Gasteiger partial charge in [0.1, 0.15) is 0 Å². The molecule has 0 rings (SSSR count). The van der Waals surface area contributed by atoms with Gasteiger partial charge in [0.2, 0.25) is 0 Å². The molecule has 0 heterocycles. The van der Waals surface area contributed by atoms with Crippen molar-refractivity contribution in [1.29, 1.82) is 0 Å². The van der Waals surface area contributed by atoms with Gasteiger partial charge in [-0.1, -0.05) is 0 Å². The van der Waals surface area contributed by atoms with Crippen LogP contribution in [0.1, 0.15) is 0 Å². The molecule has 0 spiro atoms. The molecule has 2 N–H and O–H groups in total. The monoisotopic (exact) mass is 244 g/mol. The summed E-state index contributed by atoms with van der Waals surface area (Å²) in [6, 6.07) is 0. The molecule has 0 aromatic carbocycles. The van der Waals surface area contributed by atoms with Gasteiger partial charge >= 0.3 is 51.0 Å². The van der Waals surface area contributed by atoms with E-state index in [9.17, 15) is 12.1 Å². The average Bonchev–Trinajstić information content (AvgIpc) is 1.16. The normalized spacial score (nSPS) is 16.4. The predicted molar refractivity (Wildman–Crippen MR) is 15.7 cm³/mol. The van der Waals surface area contributed by atoms with Crippen molar-refractivity contribution in [3.8, 4) is 0 Å². The number of hydrogen-bond acceptors (Lipinski definition) is 3. The molecule has 0 aliphatic carbocycles. The zero-order chi connectivity index (χ0) is 7.73. The molecule has 0 aromatic rings. The van der Waals surface area contributed by atoms with E-state index >= 15 is 0 Å². The molecular weight excluding hydrogens is 243 g/mol. The first-order valence-electron chi connectivity index (χ1n) is 1.33. The summed E-state index contributed by atoms with van der Waals surface area (Å²) in [6.07, 6.45) is 0. The Hall–Kier alpha value is 0.405. The van der Waals surface area contributed by atoms with Crippen LogP contribution in [-0.2, 0) is 21.6 Å². The molecule has 0 atom stereocenters. The molecule has 9 heavy (non-hydrogen) atoms. The van der Waals surface area contributed by atoms with Gasteiger partial charge in [0, 0.05) is 0 Å². The van der Waals surface area contributed by atoms with E-state index in [1.807, 2.05) is 0 Å². The molecule has 0 aromatic heterocycles. The molecule has 0 bridgehead atoms. The van der Waals surface area contributed by atoms with E-state index in [0.29, 0.717) is 0 Å². The van der Waals surface area contributed by atoms with Crippen LogP contribution in [0.5, 0.6) is 0 Å². The Bertz CT molecular complexity index is 96.9. The number of rotatable bonds is 2. The van der Waals surface area contributed by atoms with Crippen molar-refractivity contribution in [2.45, 2.75) is 0 Å². The first kappa shape index (κ1) is 9.41. The minimum absolute atomic E-state index is 2.22. The van der Waals surface area contributed by atoms with Crippen LogP contribution in [0.2, 0.25) is 0 Å². The van der Waals surface area contributed by atoms with Crippen LogP contribution in [0.25, 0.3) is 0 Å². The second kappa shape index (κ2) is 2.22. The Morgan fingerprint density at radius 1 is 1.11 bits per heavy atom. The molecule has 0 amide bonds. The standard InChI is InChI=1S/Ag.BH2O3.4FH/c;2-1(3)4;;;;/h;2-3H;4*1H/q+5;-1;;;;/p-4. The third kappa shape index (κ3) is 8.41. The minimum atomic E-state index is -8.40. The molecule has 0 aliphatic heterocycles. The summed E-state index contributed by atoms with van der Waals surface area (Å²) in [4.78, 5) is 0. The Balaban J connectivity index is 3.89. The van der Waals surface area contributed by atoms with Crippen LogP contribution in [0, 0.1) is 0 Å². The van der Waals surface area contributed by atoms with Gasteiger partial charge in [0.15, 0.2) is 0 Å². The van der Waals surface area contributed by atoms with Gasteiger partial charge in [-0.3, -0.25) is 0 Å². The topological polar surface area (TPSA) is 49.7 Å². The summed E-state index contributed by atoms with van der Waals surface area (Å²) in [5.41, 5.74) is 0. The first-order valence-corrected chi connectivity index (χ1v) is 4.18. The molecule has 0 fully saturated rings. The third-order valence-corrected chi connectivity index (χ3v) is 1.01. The van der Waals surface area contributed by atoms with E-state index in [4.69, 9.17) is 10.0 Å². The van der Waals surface area contributed by atoms with E-state index in [1.54, 1.807) is 0 Å². The van der Waals surface area contributed by atoms with Gasteiger partial charge in [-0.15, -0.1) is 0 Å². The van der Waals surface area contributed by atoms with Gasteiger partial charge in [0.05, 0.1) is 0 Å². The quantitative estimate of drug-likeness (QED) is 0.536. The second-order valence-corrected chi connectivity index (χ2v) is 3.38. The summed E-state index contributed by atoms with van der Waals surface area (Å²) in [6.45, 7) is 0. The van der Waals surface area contributed by atoms with E-state index in [-0.39, 0.29) is 0 Å². The van der Waals surface area contributed by atoms with Crippen molar-refractivity contribution in [2.75, 3.05) is 0 Å². The van der Waals surface area contributed by atoms with Gasteiger partial charge in [-0.25, -0.2) is 0 Å². The predicted octanol–water partition coefficient (Wildman–Crippen LogP) is 0.115. The molecule has 0 radical (unpaired) electrons. The molecule has 62 valence electrons. The molecule has 0 saturated carbocycles. The molecule has 0 aliphatic rings. The third-order valence-electron chi connectivity index (χ3n) is 0.171. The number of halogens is 4. The second-order valence-electron chi connectivity index (χ2n) is 0.842. The Kier molecular flexibility index (Phi) is 2.32. The van der Waals surface area contributed by atoms with Crippen LogP contribution in [0.3, 0.4) is 0 Å². The Labute approximate surface area is 51.7 Å². The fourth-order valence-electron chi connectivity index (χ4n) is 0.0961. The van der Waals surface area contributed by atoms with Crippen LogP contribution in [0.4, 0.5) is 12.1 Å². The zero-order valence-corrected chi connectivity index (χ0v) is 5.18. The van der Waals surface area contributed by atoms with Crippen LogP contribution in [0.15, 0.2) is 0 Å². The van der Waals surface area contributed by atoms with Crippen molar-refractivity contribution in [3.63, 3.8) is 0 Å². The van der Waals surface area contributed by atoms with Gasteiger partial charge < -0.3 is 0 Å². The maximum atomic E-state index is 10.9. The van der Waals surface area contributed by atoms with E-state index in [1.165, 1.54) is 0 Å². The summed E-state index contributed by atoms with van der Waals surface area (Å²) in [7, 11) is -3.12. The van der Waals surface area contributed by atoms with Crippen molar-refractivity contribution < 1.29 is 43.7 Å². The van der Waals surface area contributed by atoms with E-state index < -0.39 is 25.7 Å². The summed E-state index contributed by atoms with van der Waals surface area (Å²) in [5.74, 6) is 0. The Morgan fingerprint density at radius 3 is 1.44 bits per heavy atom. The average molecular weight is 245 g/mol. The fourth-order valence-corrected chi connectivity index (χ4v) is 0.569. The van der Waals surface area contributed by atoms with Crippen molar-refractivity contribution in [1.82, 2.24) is 0 Å². The van der Waals surface area contributed by atoms with Crippen molar-refractivity contribution in [2.24, 2.45) is 0 Å². The molecular formula is H2AgBF4O3. The summed E-state index contributed by atoms with van der Waals surface area (Å²) in [5, 5.41) is 14.9. The summed E-state index contributed by atoms with van der Waals surface area (Å²) < 4.78 is 46.0. The van der Waals surface area contributed by atoms with Crippen LogP contribution in [-0.4, -0.2) is 17.4 Å². The van der Waals surface area contributed by atoms with E-state index in [2.05, 4.69) is 3.16 Å². The van der Waals surface area contributed by atoms with E-state index in [0.717, 1.165) is 0 Å². The molecule has 0 saturated heterocycles. The van der Waals surface area contributed by atoms with Gasteiger partial charge in [0.25, 0.3) is 0 Å². The van der Waals surface area contributed by atoms with Crippen LogP contribution < -0.4 is 0 Å². The van der Waals surface area contributed by atoms with Gasteiger partial charge in [-0.2, -0.15) is 0 Å². The molecule has 9 heteroatoms. The SMILES string of the molecule is OB(O)[O][Ag]([F])([F])([F])[F]. The number of hydrogen-bond donors (Lipinski definition) is 2. The first-order chi connectivity index (χ1) is 3.67. The maximum absolute atomic E-state index is 10.9. The zero-order valence-electron chi connectivity index (χ0n) is 3.69. The van der Waals surface area contributed by atoms with Crippen molar-refractivity contribution in [3.05, 3.63) is 0 Å². The Morgan fingerprint density at radius 2 is 1.44 bits per heavy atom. The molecule has 0 unspecified atom stereocenters. The van der Waals surface area contributed by atoms with Crippen LogP contribution >= 0.6 is 0 Å². The van der Waals surface area contributed by atoms with Gasteiger partial charge in [-0.05, 0) is 0 Å². The molecule has 3 nitrogen and oxygen atoms in total. The van der Waals surface area contributed by atoms with Crippen molar-refractivity contribution >= 4 is 7.32 Å². The summed E-state index contributed by atoms with van der Waals surface area (Å²) >= 11 is -8.40.